The Morgan fingerprint density at radius 1 is 1.00 bits per heavy atom. The van der Waals surface area contributed by atoms with Crippen molar-refractivity contribution in [2.24, 2.45) is 11.8 Å². The highest BCUT2D eigenvalue weighted by Gasteiger charge is 2.41. The van der Waals surface area contributed by atoms with Crippen molar-refractivity contribution < 1.29 is 4.79 Å². The molecule has 3 fully saturated rings. The third-order valence-electron chi connectivity index (χ3n) is 7.23. The Bertz CT molecular complexity index is 682. The Labute approximate surface area is 169 Å². The number of rotatable bonds is 5. The van der Waals surface area contributed by atoms with Crippen molar-refractivity contribution in [1.82, 2.24) is 14.9 Å². The van der Waals surface area contributed by atoms with Crippen LogP contribution >= 0.6 is 0 Å². The number of likely N-dealkylation sites (tertiary alicyclic amines) is 1. The first-order chi connectivity index (χ1) is 13.4. The van der Waals surface area contributed by atoms with Crippen molar-refractivity contribution in [3.05, 3.63) is 18.1 Å². The van der Waals surface area contributed by atoms with Crippen molar-refractivity contribution in [3.8, 4) is 0 Å². The molecule has 0 amide bonds. The smallest absolute Gasteiger partial charge is 0.138 e. The lowest BCUT2D eigenvalue weighted by Crippen LogP contribution is -2.55. The number of carbonyl (C=O) groups excluding carboxylic acids is 1. The van der Waals surface area contributed by atoms with Crippen LogP contribution in [0.5, 0.6) is 0 Å². The van der Waals surface area contributed by atoms with Gasteiger partial charge in [-0.25, -0.2) is 9.97 Å². The van der Waals surface area contributed by atoms with Crippen LogP contribution in [-0.2, 0) is 4.79 Å². The molecule has 4 rings (SSSR count). The molecule has 0 spiro atoms. The molecule has 2 bridgehead atoms. The summed E-state index contributed by atoms with van der Waals surface area (Å²) in [5.41, 5.74) is 0. The van der Waals surface area contributed by atoms with Gasteiger partial charge in [0.25, 0.3) is 0 Å². The van der Waals surface area contributed by atoms with E-state index >= 15 is 0 Å². The van der Waals surface area contributed by atoms with Crippen molar-refractivity contribution in [1.29, 1.82) is 0 Å². The Morgan fingerprint density at radius 2 is 1.64 bits per heavy atom. The van der Waals surface area contributed by atoms with Crippen LogP contribution in [-0.4, -0.2) is 51.9 Å². The molecule has 1 aromatic heterocycles. The van der Waals surface area contributed by atoms with E-state index in [0.29, 0.717) is 29.8 Å². The molecule has 0 aromatic carbocycles. The maximum absolute atomic E-state index is 12.3. The minimum absolute atomic E-state index is 0.154. The van der Waals surface area contributed by atoms with Gasteiger partial charge in [-0.15, -0.1) is 0 Å². The van der Waals surface area contributed by atoms with Gasteiger partial charge in [0.05, 0.1) is 0 Å². The number of Topliss-reactive ketones (excluding diaryl/α,β-unsaturated/α-hetero) is 1. The fraction of sp³-hybridized carbons (Fsp3) is 0.783. The minimum atomic E-state index is 0.154. The first-order valence-corrected chi connectivity index (χ1v) is 11.3. The van der Waals surface area contributed by atoms with Gasteiger partial charge >= 0.3 is 0 Å². The third kappa shape index (κ3) is 3.83. The maximum atomic E-state index is 12.3. The van der Waals surface area contributed by atoms with E-state index in [2.05, 4.69) is 34.7 Å². The molecule has 2 unspecified atom stereocenters. The van der Waals surface area contributed by atoms with Gasteiger partial charge in [0, 0.05) is 55.2 Å². The Hall–Kier alpha value is -1.49. The van der Waals surface area contributed by atoms with Crippen molar-refractivity contribution >= 4 is 11.6 Å². The molecule has 5 heteroatoms. The molecule has 0 radical (unpaired) electrons. The number of aromatic nitrogens is 2. The minimum Gasteiger partial charge on any atom is -0.348 e. The van der Waals surface area contributed by atoms with Gasteiger partial charge < -0.3 is 4.90 Å². The molecule has 2 saturated heterocycles. The molecule has 1 aromatic rings. The van der Waals surface area contributed by atoms with Crippen molar-refractivity contribution in [3.63, 3.8) is 0 Å². The molecule has 2 aliphatic heterocycles. The van der Waals surface area contributed by atoms with Crippen LogP contribution in [0, 0.1) is 11.8 Å². The predicted molar refractivity (Wildman–Crippen MR) is 113 cm³/mol. The van der Waals surface area contributed by atoms with E-state index in [1.54, 1.807) is 0 Å². The first kappa shape index (κ1) is 19.8. The lowest BCUT2D eigenvalue weighted by Gasteiger charge is -2.43. The van der Waals surface area contributed by atoms with Crippen LogP contribution in [0.4, 0.5) is 5.82 Å². The van der Waals surface area contributed by atoms with Gasteiger partial charge in [0.1, 0.15) is 17.4 Å². The highest BCUT2D eigenvalue weighted by atomic mass is 16.1. The molecular weight excluding hydrogens is 348 g/mol. The number of nitrogens with zero attached hydrogens (tertiary/aromatic N) is 4. The molecular formula is C23H36N4O. The van der Waals surface area contributed by atoms with Gasteiger partial charge in [0.15, 0.2) is 0 Å². The molecule has 5 nitrogen and oxygen atoms in total. The highest BCUT2D eigenvalue weighted by Crippen LogP contribution is 2.38. The number of fused-ring (bicyclic) bond motifs is 2. The topological polar surface area (TPSA) is 49.3 Å². The maximum Gasteiger partial charge on any atom is 0.138 e. The largest absolute Gasteiger partial charge is 0.348 e. The first-order valence-electron chi connectivity index (χ1n) is 11.3. The molecule has 1 aliphatic carbocycles. The van der Waals surface area contributed by atoms with E-state index in [9.17, 15) is 4.79 Å². The zero-order chi connectivity index (χ0) is 19.8. The summed E-state index contributed by atoms with van der Waals surface area (Å²) in [4.78, 5) is 27.2. The summed E-state index contributed by atoms with van der Waals surface area (Å²) in [5, 5.41) is 0. The van der Waals surface area contributed by atoms with Crippen molar-refractivity contribution in [2.45, 2.75) is 90.3 Å². The van der Waals surface area contributed by atoms with Crippen molar-refractivity contribution in [2.75, 3.05) is 18.0 Å². The second-order valence-corrected chi connectivity index (χ2v) is 9.72. The summed E-state index contributed by atoms with van der Waals surface area (Å²) in [7, 11) is 0. The molecule has 1 saturated carbocycles. The summed E-state index contributed by atoms with van der Waals surface area (Å²) < 4.78 is 0. The molecule has 3 heterocycles. The van der Waals surface area contributed by atoms with Crippen LogP contribution in [0.1, 0.15) is 78.0 Å². The number of hydrogen-bond acceptors (Lipinski definition) is 5. The average Bonchev–Trinajstić information content (AvgIpc) is 2.96. The highest BCUT2D eigenvalue weighted by molar-refractivity contribution is 5.82. The number of ketones is 1. The van der Waals surface area contributed by atoms with E-state index in [0.717, 1.165) is 50.4 Å². The standard InChI is InChI=1S/C23H36N4O/c1-15(2)22(28)17-5-7-18(8-6-17)23-24-12-11-21(25-23)27-19-9-10-20(27)14-26(13-19)16(3)4/h11-12,15-20H,5-10,13-14H2,1-4H3/t17-,18-,19?,20?. The number of carbonyl (C=O) groups is 1. The van der Waals surface area contributed by atoms with Crippen LogP contribution < -0.4 is 4.90 Å². The summed E-state index contributed by atoms with van der Waals surface area (Å²) in [6.45, 7) is 10.9. The second-order valence-electron chi connectivity index (χ2n) is 9.72. The fourth-order valence-corrected chi connectivity index (χ4v) is 5.54. The number of piperazine rings is 1. The third-order valence-corrected chi connectivity index (χ3v) is 7.23. The number of hydrogen-bond donors (Lipinski definition) is 0. The Kier molecular flexibility index (Phi) is 5.73. The molecule has 2 atom stereocenters. The van der Waals surface area contributed by atoms with E-state index in [1.165, 1.54) is 12.8 Å². The van der Waals surface area contributed by atoms with Crippen LogP contribution in [0.3, 0.4) is 0 Å². The van der Waals surface area contributed by atoms with Crippen LogP contribution in [0.15, 0.2) is 12.3 Å². The van der Waals surface area contributed by atoms with Gasteiger partial charge in [-0.1, -0.05) is 13.8 Å². The Balaban J connectivity index is 1.44. The van der Waals surface area contributed by atoms with Crippen LogP contribution in [0.25, 0.3) is 0 Å². The molecule has 154 valence electrons. The summed E-state index contributed by atoms with van der Waals surface area (Å²) >= 11 is 0. The van der Waals surface area contributed by atoms with Gasteiger partial charge in [-0.2, -0.15) is 0 Å². The summed E-state index contributed by atoms with van der Waals surface area (Å²) in [5.74, 6) is 3.37. The van der Waals surface area contributed by atoms with Crippen LogP contribution in [0.2, 0.25) is 0 Å². The SMILES string of the molecule is CC(C)C(=O)[C@H]1CC[C@H](c2nccc(N3C4CCC3CN(C(C)C)C4)n2)CC1. The average molecular weight is 385 g/mol. The lowest BCUT2D eigenvalue weighted by molar-refractivity contribution is -0.126. The second kappa shape index (κ2) is 8.10. The van der Waals surface area contributed by atoms with Gasteiger partial charge in [0.2, 0.25) is 0 Å². The predicted octanol–water partition coefficient (Wildman–Crippen LogP) is 4.04. The number of anilines is 1. The van der Waals surface area contributed by atoms with E-state index in [-0.39, 0.29) is 11.8 Å². The fourth-order valence-electron chi connectivity index (χ4n) is 5.54. The van der Waals surface area contributed by atoms with E-state index < -0.39 is 0 Å². The normalized spacial score (nSPS) is 31.0. The Morgan fingerprint density at radius 3 is 2.21 bits per heavy atom. The lowest BCUT2D eigenvalue weighted by atomic mass is 9.77. The monoisotopic (exact) mass is 384 g/mol. The molecule has 28 heavy (non-hydrogen) atoms. The van der Waals surface area contributed by atoms with E-state index in [1.807, 2.05) is 20.0 Å². The zero-order valence-corrected chi connectivity index (χ0v) is 18.0. The molecule has 0 N–H and O–H groups in total. The van der Waals surface area contributed by atoms with E-state index in [4.69, 9.17) is 4.98 Å². The zero-order valence-electron chi connectivity index (χ0n) is 18.0. The quantitative estimate of drug-likeness (QED) is 0.767. The summed E-state index contributed by atoms with van der Waals surface area (Å²) in [6.07, 6.45) is 8.57. The van der Waals surface area contributed by atoms with Gasteiger partial charge in [-0.3, -0.25) is 9.69 Å². The summed E-state index contributed by atoms with van der Waals surface area (Å²) in [6, 6.07) is 3.90. The van der Waals surface area contributed by atoms with Gasteiger partial charge in [-0.05, 0) is 58.4 Å². The molecule has 3 aliphatic rings.